The van der Waals surface area contributed by atoms with Crippen LogP contribution >= 0.6 is 0 Å². The van der Waals surface area contributed by atoms with Crippen molar-refractivity contribution >= 4 is 0 Å². The first-order chi connectivity index (χ1) is 7.02. The van der Waals surface area contributed by atoms with Crippen LogP contribution in [-0.2, 0) is 0 Å². The summed E-state index contributed by atoms with van der Waals surface area (Å²) in [4.78, 5) is 0. The lowest BCUT2D eigenvalue weighted by Crippen LogP contribution is -2.25. The Labute approximate surface area is 96.0 Å². The third-order valence-electron chi connectivity index (χ3n) is 3.07. The van der Waals surface area contributed by atoms with E-state index in [2.05, 4.69) is 33.0 Å². The summed E-state index contributed by atoms with van der Waals surface area (Å²) in [6, 6.07) is 0. The maximum atomic E-state index is 5.66. The van der Waals surface area contributed by atoms with Crippen molar-refractivity contribution in [2.75, 3.05) is 19.6 Å². The Bertz CT molecular complexity index is 138. The molecular formula is C13H30N2. The van der Waals surface area contributed by atoms with Crippen molar-refractivity contribution in [3.05, 3.63) is 0 Å². The van der Waals surface area contributed by atoms with Gasteiger partial charge in [-0.25, -0.2) is 0 Å². The summed E-state index contributed by atoms with van der Waals surface area (Å²) < 4.78 is 0. The predicted molar refractivity (Wildman–Crippen MR) is 69.0 cm³/mol. The molecule has 0 heterocycles. The fraction of sp³-hybridized carbons (Fsp3) is 1.00. The number of rotatable bonds is 8. The van der Waals surface area contributed by atoms with E-state index in [1.807, 2.05) is 0 Å². The van der Waals surface area contributed by atoms with Crippen LogP contribution in [0.2, 0.25) is 0 Å². The van der Waals surface area contributed by atoms with Gasteiger partial charge in [0.05, 0.1) is 0 Å². The molecule has 0 aliphatic carbocycles. The molecule has 0 amide bonds. The summed E-state index contributed by atoms with van der Waals surface area (Å²) in [5.74, 6) is 0.769. The SMILES string of the molecule is CCCNCCCC(CCN)C(C)(C)C. The minimum Gasteiger partial charge on any atom is -0.330 e. The predicted octanol–water partition coefficient (Wildman–Crippen LogP) is 2.78. The summed E-state index contributed by atoms with van der Waals surface area (Å²) >= 11 is 0. The Morgan fingerprint density at radius 1 is 1.13 bits per heavy atom. The second kappa shape index (κ2) is 8.12. The van der Waals surface area contributed by atoms with Gasteiger partial charge in [-0.1, -0.05) is 27.7 Å². The van der Waals surface area contributed by atoms with Crippen molar-refractivity contribution in [3.63, 3.8) is 0 Å². The van der Waals surface area contributed by atoms with Gasteiger partial charge in [-0.2, -0.15) is 0 Å². The molecule has 0 fully saturated rings. The molecule has 92 valence electrons. The Balaban J connectivity index is 3.67. The molecule has 0 aromatic carbocycles. The Morgan fingerprint density at radius 3 is 2.27 bits per heavy atom. The number of hydrogen-bond acceptors (Lipinski definition) is 2. The zero-order chi connectivity index (χ0) is 11.7. The van der Waals surface area contributed by atoms with Gasteiger partial charge in [-0.3, -0.25) is 0 Å². The van der Waals surface area contributed by atoms with Crippen LogP contribution in [0.15, 0.2) is 0 Å². The molecule has 0 bridgehead atoms. The Morgan fingerprint density at radius 2 is 1.80 bits per heavy atom. The van der Waals surface area contributed by atoms with E-state index in [9.17, 15) is 0 Å². The van der Waals surface area contributed by atoms with E-state index in [4.69, 9.17) is 5.73 Å². The molecule has 15 heavy (non-hydrogen) atoms. The van der Waals surface area contributed by atoms with Crippen LogP contribution < -0.4 is 11.1 Å². The second-order valence-electron chi connectivity index (χ2n) is 5.53. The van der Waals surface area contributed by atoms with Crippen molar-refractivity contribution in [3.8, 4) is 0 Å². The summed E-state index contributed by atoms with van der Waals surface area (Å²) in [6.45, 7) is 12.3. The fourth-order valence-electron chi connectivity index (χ4n) is 1.99. The molecule has 0 rings (SSSR count). The lowest BCUT2D eigenvalue weighted by atomic mass is 9.76. The fourth-order valence-corrected chi connectivity index (χ4v) is 1.99. The second-order valence-corrected chi connectivity index (χ2v) is 5.53. The van der Waals surface area contributed by atoms with Crippen molar-refractivity contribution in [1.29, 1.82) is 0 Å². The number of hydrogen-bond donors (Lipinski definition) is 2. The zero-order valence-corrected chi connectivity index (χ0v) is 11.1. The average molecular weight is 214 g/mol. The molecule has 1 unspecified atom stereocenters. The highest BCUT2D eigenvalue weighted by Crippen LogP contribution is 2.31. The van der Waals surface area contributed by atoms with Gasteiger partial charge in [0, 0.05) is 0 Å². The minimum atomic E-state index is 0.407. The molecular weight excluding hydrogens is 184 g/mol. The van der Waals surface area contributed by atoms with Crippen LogP contribution in [0, 0.1) is 11.3 Å². The maximum absolute atomic E-state index is 5.66. The van der Waals surface area contributed by atoms with Crippen molar-refractivity contribution < 1.29 is 0 Å². The molecule has 1 atom stereocenters. The van der Waals surface area contributed by atoms with Gasteiger partial charge in [-0.05, 0) is 56.7 Å². The first kappa shape index (κ1) is 14.9. The van der Waals surface area contributed by atoms with Crippen LogP contribution in [-0.4, -0.2) is 19.6 Å². The van der Waals surface area contributed by atoms with E-state index in [-0.39, 0.29) is 0 Å². The molecule has 2 nitrogen and oxygen atoms in total. The first-order valence-corrected chi connectivity index (χ1v) is 6.43. The molecule has 0 saturated carbocycles. The van der Waals surface area contributed by atoms with E-state index in [0.717, 1.165) is 32.0 Å². The smallest absolute Gasteiger partial charge is 0.00488 e. The highest BCUT2D eigenvalue weighted by molar-refractivity contribution is 4.74. The molecule has 0 aliphatic heterocycles. The van der Waals surface area contributed by atoms with E-state index in [1.54, 1.807) is 0 Å². The van der Waals surface area contributed by atoms with Gasteiger partial charge in [0.2, 0.25) is 0 Å². The van der Waals surface area contributed by atoms with Gasteiger partial charge < -0.3 is 11.1 Å². The third-order valence-corrected chi connectivity index (χ3v) is 3.07. The zero-order valence-electron chi connectivity index (χ0n) is 11.1. The number of nitrogens with two attached hydrogens (primary N) is 1. The van der Waals surface area contributed by atoms with E-state index >= 15 is 0 Å². The molecule has 0 radical (unpaired) electrons. The molecule has 2 heteroatoms. The Kier molecular flexibility index (Phi) is 8.07. The standard InChI is InChI=1S/C13H30N2/c1-5-10-15-11-6-7-12(8-9-14)13(2,3)4/h12,15H,5-11,14H2,1-4H3. The van der Waals surface area contributed by atoms with Gasteiger partial charge in [0.1, 0.15) is 0 Å². The molecule has 0 aromatic heterocycles. The summed E-state index contributed by atoms with van der Waals surface area (Å²) in [5, 5.41) is 3.45. The van der Waals surface area contributed by atoms with Crippen LogP contribution in [0.3, 0.4) is 0 Å². The van der Waals surface area contributed by atoms with Crippen molar-refractivity contribution in [2.24, 2.45) is 17.1 Å². The van der Waals surface area contributed by atoms with Crippen LogP contribution in [0.1, 0.15) is 53.4 Å². The Hall–Kier alpha value is -0.0800. The maximum Gasteiger partial charge on any atom is -0.00488 e. The molecule has 0 saturated heterocycles. The minimum absolute atomic E-state index is 0.407. The van der Waals surface area contributed by atoms with Gasteiger partial charge >= 0.3 is 0 Å². The summed E-state index contributed by atoms with van der Waals surface area (Å²) in [7, 11) is 0. The number of nitrogens with one attached hydrogen (secondary N) is 1. The van der Waals surface area contributed by atoms with Crippen LogP contribution in [0.5, 0.6) is 0 Å². The normalized spacial score (nSPS) is 14.2. The van der Waals surface area contributed by atoms with E-state index < -0.39 is 0 Å². The highest BCUT2D eigenvalue weighted by atomic mass is 14.8. The third kappa shape index (κ3) is 7.80. The quantitative estimate of drug-likeness (QED) is 0.610. The molecule has 0 aromatic rings. The molecule has 0 aliphatic rings. The topological polar surface area (TPSA) is 38.0 Å². The van der Waals surface area contributed by atoms with Gasteiger partial charge in [0.15, 0.2) is 0 Å². The van der Waals surface area contributed by atoms with Crippen molar-refractivity contribution in [2.45, 2.75) is 53.4 Å². The monoisotopic (exact) mass is 214 g/mol. The van der Waals surface area contributed by atoms with Crippen LogP contribution in [0.4, 0.5) is 0 Å². The van der Waals surface area contributed by atoms with Crippen molar-refractivity contribution in [1.82, 2.24) is 5.32 Å². The van der Waals surface area contributed by atoms with E-state index in [1.165, 1.54) is 19.3 Å². The summed E-state index contributed by atoms with van der Waals surface area (Å²) in [5.41, 5.74) is 6.07. The lowest BCUT2D eigenvalue weighted by Gasteiger charge is -2.30. The highest BCUT2D eigenvalue weighted by Gasteiger charge is 2.22. The first-order valence-electron chi connectivity index (χ1n) is 6.43. The van der Waals surface area contributed by atoms with E-state index in [0.29, 0.717) is 5.41 Å². The largest absolute Gasteiger partial charge is 0.330 e. The lowest BCUT2D eigenvalue weighted by molar-refractivity contribution is 0.210. The molecule has 3 N–H and O–H groups in total. The van der Waals surface area contributed by atoms with Crippen LogP contribution in [0.25, 0.3) is 0 Å². The van der Waals surface area contributed by atoms with Gasteiger partial charge in [-0.15, -0.1) is 0 Å². The van der Waals surface area contributed by atoms with Gasteiger partial charge in [0.25, 0.3) is 0 Å². The summed E-state index contributed by atoms with van der Waals surface area (Å²) in [6.07, 6.45) is 4.97. The average Bonchev–Trinajstić information content (AvgIpc) is 2.14. The molecule has 0 spiro atoms.